The largest absolute Gasteiger partial charge is 0.492 e. The lowest BCUT2D eigenvalue weighted by Crippen LogP contribution is -2.44. The lowest BCUT2D eigenvalue weighted by molar-refractivity contribution is 0.0592. The van der Waals surface area contributed by atoms with Gasteiger partial charge in [-0.2, -0.15) is 0 Å². The molecule has 0 saturated carbocycles. The van der Waals surface area contributed by atoms with Gasteiger partial charge in [0, 0.05) is 12.6 Å². The first kappa shape index (κ1) is 11.3. The predicted octanol–water partition coefficient (Wildman–Crippen LogP) is 1.33. The first-order valence-corrected chi connectivity index (χ1v) is 5.14. The Kier molecular flexibility index (Phi) is 3.69. The second-order valence-corrected chi connectivity index (χ2v) is 3.61. The van der Waals surface area contributed by atoms with Crippen LogP contribution in [0.15, 0.2) is 18.2 Å². The maximum Gasteiger partial charge on any atom is 0.162 e. The number of halogens is 2. The molecular formula is C11H13F2NO2. The van der Waals surface area contributed by atoms with Gasteiger partial charge < -0.3 is 14.8 Å². The first-order valence-electron chi connectivity index (χ1n) is 5.14. The summed E-state index contributed by atoms with van der Waals surface area (Å²) in [6.45, 7) is 2.43. The molecular weight excluding hydrogens is 216 g/mol. The lowest BCUT2D eigenvalue weighted by Gasteiger charge is -2.23. The van der Waals surface area contributed by atoms with Crippen molar-refractivity contribution < 1.29 is 18.3 Å². The van der Waals surface area contributed by atoms with Crippen LogP contribution in [0.2, 0.25) is 0 Å². The zero-order valence-corrected chi connectivity index (χ0v) is 8.71. The van der Waals surface area contributed by atoms with Crippen molar-refractivity contribution in [2.24, 2.45) is 0 Å². The van der Waals surface area contributed by atoms with Gasteiger partial charge in [0.1, 0.15) is 12.4 Å². The highest BCUT2D eigenvalue weighted by molar-refractivity contribution is 5.23. The third kappa shape index (κ3) is 2.90. The Bertz CT molecular complexity index is 354. The molecule has 1 N–H and O–H groups in total. The van der Waals surface area contributed by atoms with Gasteiger partial charge in [-0.25, -0.2) is 8.78 Å². The zero-order chi connectivity index (χ0) is 11.4. The van der Waals surface area contributed by atoms with Gasteiger partial charge in [0.2, 0.25) is 0 Å². The summed E-state index contributed by atoms with van der Waals surface area (Å²) < 4.78 is 36.0. The van der Waals surface area contributed by atoms with E-state index in [1.807, 2.05) is 0 Å². The Morgan fingerprint density at radius 1 is 1.38 bits per heavy atom. The minimum absolute atomic E-state index is 0.0989. The van der Waals surface area contributed by atoms with Crippen LogP contribution in [0.3, 0.4) is 0 Å². The van der Waals surface area contributed by atoms with Crippen molar-refractivity contribution >= 4 is 0 Å². The highest BCUT2D eigenvalue weighted by Gasteiger charge is 2.13. The molecule has 0 spiro atoms. The van der Waals surface area contributed by atoms with Gasteiger partial charge in [-0.1, -0.05) is 0 Å². The first-order chi connectivity index (χ1) is 7.75. The summed E-state index contributed by atoms with van der Waals surface area (Å²) in [6.07, 6.45) is 0. The lowest BCUT2D eigenvalue weighted by atomic mass is 10.3. The smallest absolute Gasteiger partial charge is 0.162 e. The zero-order valence-electron chi connectivity index (χ0n) is 8.71. The summed E-state index contributed by atoms with van der Waals surface area (Å²) in [7, 11) is 0. The summed E-state index contributed by atoms with van der Waals surface area (Å²) in [5.74, 6) is -1.44. The number of rotatable bonds is 3. The van der Waals surface area contributed by atoms with Crippen LogP contribution in [0.25, 0.3) is 0 Å². The van der Waals surface area contributed by atoms with Crippen LogP contribution < -0.4 is 10.1 Å². The van der Waals surface area contributed by atoms with E-state index in [4.69, 9.17) is 9.47 Å². The van der Waals surface area contributed by atoms with Crippen LogP contribution in [0, 0.1) is 11.6 Å². The molecule has 1 fully saturated rings. The normalized spacial score (nSPS) is 20.8. The van der Waals surface area contributed by atoms with E-state index in [2.05, 4.69) is 5.32 Å². The number of morpholine rings is 1. The molecule has 0 aromatic heterocycles. The quantitative estimate of drug-likeness (QED) is 0.848. The Morgan fingerprint density at radius 2 is 2.25 bits per heavy atom. The van der Waals surface area contributed by atoms with Crippen LogP contribution in [0.5, 0.6) is 5.75 Å². The second-order valence-electron chi connectivity index (χ2n) is 3.61. The van der Waals surface area contributed by atoms with Crippen LogP contribution in [-0.2, 0) is 4.74 Å². The van der Waals surface area contributed by atoms with Crippen molar-refractivity contribution in [2.45, 2.75) is 6.04 Å². The van der Waals surface area contributed by atoms with E-state index in [0.717, 1.165) is 18.7 Å². The number of benzene rings is 1. The molecule has 1 saturated heterocycles. The van der Waals surface area contributed by atoms with E-state index < -0.39 is 11.6 Å². The summed E-state index contributed by atoms with van der Waals surface area (Å²) in [4.78, 5) is 0. The number of hydrogen-bond acceptors (Lipinski definition) is 3. The van der Waals surface area contributed by atoms with E-state index in [0.29, 0.717) is 25.6 Å². The summed E-state index contributed by atoms with van der Waals surface area (Å²) in [5, 5.41) is 3.20. The molecule has 88 valence electrons. The average molecular weight is 229 g/mol. The molecule has 1 atom stereocenters. The van der Waals surface area contributed by atoms with Gasteiger partial charge >= 0.3 is 0 Å². The maximum atomic E-state index is 12.8. The molecule has 1 unspecified atom stereocenters. The molecule has 0 bridgehead atoms. The summed E-state index contributed by atoms with van der Waals surface area (Å²) >= 11 is 0. The van der Waals surface area contributed by atoms with Crippen LogP contribution >= 0.6 is 0 Å². The van der Waals surface area contributed by atoms with Crippen molar-refractivity contribution in [2.75, 3.05) is 26.4 Å². The van der Waals surface area contributed by atoms with Crippen molar-refractivity contribution in [3.05, 3.63) is 29.8 Å². The van der Waals surface area contributed by atoms with Gasteiger partial charge in [-0.15, -0.1) is 0 Å². The molecule has 1 aliphatic rings. The van der Waals surface area contributed by atoms with E-state index in [1.54, 1.807) is 0 Å². The van der Waals surface area contributed by atoms with E-state index in [-0.39, 0.29) is 6.04 Å². The molecule has 1 heterocycles. The highest BCUT2D eigenvalue weighted by atomic mass is 19.2. The minimum Gasteiger partial charge on any atom is -0.492 e. The third-order valence-corrected chi connectivity index (χ3v) is 2.34. The topological polar surface area (TPSA) is 30.5 Å². The van der Waals surface area contributed by atoms with Crippen LogP contribution in [-0.4, -0.2) is 32.4 Å². The molecule has 0 aliphatic carbocycles. The monoisotopic (exact) mass is 229 g/mol. The molecule has 0 radical (unpaired) electrons. The minimum atomic E-state index is -0.898. The third-order valence-electron chi connectivity index (χ3n) is 2.34. The molecule has 1 aromatic carbocycles. The standard InChI is InChI=1S/C11H13F2NO2/c12-10-2-1-9(5-11(10)13)16-7-8-6-15-4-3-14-8/h1-2,5,8,14H,3-4,6-7H2. The van der Waals surface area contributed by atoms with Crippen LogP contribution in [0.1, 0.15) is 0 Å². The van der Waals surface area contributed by atoms with Crippen molar-refractivity contribution in [1.82, 2.24) is 5.32 Å². The molecule has 3 nitrogen and oxygen atoms in total. The Morgan fingerprint density at radius 3 is 2.94 bits per heavy atom. The van der Waals surface area contributed by atoms with Crippen molar-refractivity contribution in [3.63, 3.8) is 0 Å². The molecule has 1 aliphatic heterocycles. The fourth-order valence-corrected chi connectivity index (χ4v) is 1.49. The maximum absolute atomic E-state index is 12.8. The van der Waals surface area contributed by atoms with Crippen molar-refractivity contribution in [1.29, 1.82) is 0 Å². The molecule has 2 rings (SSSR count). The molecule has 16 heavy (non-hydrogen) atoms. The van der Waals surface area contributed by atoms with Crippen molar-refractivity contribution in [3.8, 4) is 5.75 Å². The van der Waals surface area contributed by atoms with Gasteiger partial charge in [0.15, 0.2) is 11.6 Å². The van der Waals surface area contributed by atoms with Gasteiger partial charge in [-0.3, -0.25) is 0 Å². The molecule has 0 amide bonds. The average Bonchev–Trinajstić information content (AvgIpc) is 2.32. The summed E-state index contributed by atoms with van der Waals surface area (Å²) in [5.41, 5.74) is 0. The Labute approximate surface area is 92.4 Å². The number of nitrogens with one attached hydrogen (secondary N) is 1. The second kappa shape index (κ2) is 5.23. The van der Waals surface area contributed by atoms with Gasteiger partial charge in [0.05, 0.1) is 19.3 Å². The molecule has 1 aromatic rings. The molecule has 5 heteroatoms. The fraction of sp³-hybridized carbons (Fsp3) is 0.455. The number of ether oxygens (including phenoxy) is 2. The predicted molar refractivity (Wildman–Crippen MR) is 54.5 cm³/mol. The van der Waals surface area contributed by atoms with Gasteiger partial charge in [-0.05, 0) is 12.1 Å². The van der Waals surface area contributed by atoms with Crippen LogP contribution in [0.4, 0.5) is 8.78 Å². The number of hydrogen-bond donors (Lipinski definition) is 1. The van der Waals surface area contributed by atoms with E-state index >= 15 is 0 Å². The summed E-state index contributed by atoms with van der Waals surface area (Å²) in [6, 6.07) is 3.60. The Balaban J connectivity index is 1.86. The van der Waals surface area contributed by atoms with Gasteiger partial charge in [0.25, 0.3) is 0 Å². The van der Waals surface area contributed by atoms with E-state index in [1.165, 1.54) is 6.07 Å². The Hall–Kier alpha value is -1.20. The fourth-order valence-electron chi connectivity index (χ4n) is 1.49. The SMILES string of the molecule is Fc1ccc(OCC2COCCN2)cc1F. The van der Waals surface area contributed by atoms with E-state index in [9.17, 15) is 8.78 Å². The highest BCUT2D eigenvalue weighted by Crippen LogP contribution is 2.15.